The molecule has 3 rings (SSSR count). The minimum absolute atomic E-state index is 0.271. The summed E-state index contributed by atoms with van der Waals surface area (Å²) in [6.07, 6.45) is 2.49. The molecule has 1 unspecified atom stereocenters. The van der Waals surface area contributed by atoms with E-state index in [9.17, 15) is 9.18 Å². The highest BCUT2D eigenvalue weighted by Gasteiger charge is 2.18. The molecule has 0 bridgehead atoms. The maximum atomic E-state index is 13.2. The molecule has 0 aliphatic carbocycles. The van der Waals surface area contributed by atoms with Crippen LogP contribution in [0, 0.1) is 19.7 Å². The molecule has 4 nitrogen and oxygen atoms in total. The molecule has 1 N–H and O–H groups in total. The van der Waals surface area contributed by atoms with Gasteiger partial charge in [0.15, 0.2) is 0 Å². The molecule has 2 aromatic heterocycles. The third-order valence-corrected chi connectivity index (χ3v) is 4.10. The maximum Gasteiger partial charge on any atom is 0.141 e. The van der Waals surface area contributed by atoms with Gasteiger partial charge in [0.05, 0.1) is 18.8 Å². The van der Waals surface area contributed by atoms with Crippen LogP contribution in [-0.2, 0) is 11.3 Å². The molecule has 1 aromatic carbocycles. The zero-order chi connectivity index (χ0) is 17.1. The van der Waals surface area contributed by atoms with Gasteiger partial charge in [-0.25, -0.2) is 4.39 Å². The standard InChI is InChI=1S/C19H19FN2O2/c1-13-10-18(19(12-23)21-11-17-4-3-9-24-17)14(2)22(13)16-7-5-15(20)6-8-16/h3-10,12,19,21H,11H2,1-2H3. The van der Waals surface area contributed by atoms with Crippen LogP contribution in [-0.4, -0.2) is 10.9 Å². The number of rotatable bonds is 6. The summed E-state index contributed by atoms with van der Waals surface area (Å²) < 4.78 is 20.5. The van der Waals surface area contributed by atoms with Crippen LogP contribution in [0.3, 0.4) is 0 Å². The lowest BCUT2D eigenvalue weighted by Gasteiger charge is -2.14. The summed E-state index contributed by atoms with van der Waals surface area (Å²) in [6.45, 7) is 4.39. The molecule has 124 valence electrons. The molecule has 0 radical (unpaired) electrons. The minimum atomic E-state index is -0.435. The number of carbonyl (C=O) groups is 1. The summed E-state index contributed by atoms with van der Waals surface area (Å²) in [5.41, 5.74) is 3.70. The van der Waals surface area contributed by atoms with Gasteiger partial charge in [-0.2, -0.15) is 0 Å². The summed E-state index contributed by atoms with van der Waals surface area (Å²) in [5.74, 6) is 0.501. The van der Waals surface area contributed by atoms with E-state index < -0.39 is 6.04 Å². The smallest absolute Gasteiger partial charge is 0.141 e. The van der Waals surface area contributed by atoms with E-state index in [1.807, 2.05) is 36.6 Å². The van der Waals surface area contributed by atoms with Gasteiger partial charge in [-0.1, -0.05) is 0 Å². The van der Waals surface area contributed by atoms with Crippen molar-refractivity contribution in [3.8, 4) is 5.69 Å². The van der Waals surface area contributed by atoms with Crippen LogP contribution in [0.5, 0.6) is 0 Å². The van der Waals surface area contributed by atoms with Crippen LogP contribution in [0.25, 0.3) is 5.69 Å². The number of aromatic nitrogens is 1. The van der Waals surface area contributed by atoms with Crippen LogP contribution in [0.2, 0.25) is 0 Å². The molecule has 0 amide bonds. The summed E-state index contributed by atoms with van der Waals surface area (Å²) >= 11 is 0. The SMILES string of the molecule is Cc1cc(C(C=O)NCc2ccco2)c(C)n1-c1ccc(F)cc1. The quantitative estimate of drug-likeness (QED) is 0.700. The monoisotopic (exact) mass is 326 g/mol. The van der Waals surface area contributed by atoms with Gasteiger partial charge in [0.2, 0.25) is 0 Å². The lowest BCUT2D eigenvalue weighted by molar-refractivity contribution is -0.109. The summed E-state index contributed by atoms with van der Waals surface area (Å²) in [5, 5.41) is 3.19. The first-order chi connectivity index (χ1) is 11.6. The van der Waals surface area contributed by atoms with Crippen molar-refractivity contribution in [2.75, 3.05) is 0 Å². The highest BCUT2D eigenvalue weighted by Crippen LogP contribution is 2.25. The van der Waals surface area contributed by atoms with E-state index in [2.05, 4.69) is 5.32 Å². The molecule has 0 spiro atoms. The lowest BCUT2D eigenvalue weighted by Crippen LogP contribution is -2.22. The molecule has 3 aromatic rings. The largest absolute Gasteiger partial charge is 0.468 e. The van der Waals surface area contributed by atoms with Crippen LogP contribution >= 0.6 is 0 Å². The Morgan fingerprint density at radius 1 is 1.25 bits per heavy atom. The van der Waals surface area contributed by atoms with Crippen LogP contribution < -0.4 is 5.32 Å². The molecule has 2 heterocycles. The third-order valence-electron chi connectivity index (χ3n) is 4.10. The zero-order valence-corrected chi connectivity index (χ0v) is 13.6. The Morgan fingerprint density at radius 3 is 2.62 bits per heavy atom. The van der Waals surface area contributed by atoms with Gasteiger partial charge in [0.25, 0.3) is 0 Å². The van der Waals surface area contributed by atoms with E-state index in [0.717, 1.165) is 34.7 Å². The maximum absolute atomic E-state index is 13.2. The van der Waals surface area contributed by atoms with E-state index in [1.54, 1.807) is 18.4 Å². The average Bonchev–Trinajstić information content (AvgIpc) is 3.18. The van der Waals surface area contributed by atoms with Crippen molar-refractivity contribution in [1.29, 1.82) is 0 Å². The van der Waals surface area contributed by atoms with E-state index in [1.165, 1.54) is 12.1 Å². The second-order valence-corrected chi connectivity index (χ2v) is 5.71. The number of nitrogens with one attached hydrogen (secondary N) is 1. The number of aryl methyl sites for hydroxylation is 1. The molecule has 0 fully saturated rings. The third kappa shape index (κ3) is 3.16. The van der Waals surface area contributed by atoms with E-state index in [4.69, 9.17) is 4.42 Å². The van der Waals surface area contributed by atoms with Gasteiger partial charge in [-0.05, 0) is 61.9 Å². The van der Waals surface area contributed by atoms with Crippen molar-refractivity contribution in [3.05, 3.63) is 77.3 Å². The lowest BCUT2D eigenvalue weighted by atomic mass is 10.1. The second kappa shape index (κ2) is 6.84. The fourth-order valence-corrected chi connectivity index (χ4v) is 2.95. The van der Waals surface area contributed by atoms with E-state index in [-0.39, 0.29) is 5.82 Å². The van der Waals surface area contributed by atoms with Crippen LogP contribution in [0.1, 0.15) is 28.8 Å². The minimum Gasteiger partial charge on any atom is -0.468 e. The van der Waals surface area contributed by atoms with Gasteiger partial charge in [0.1, 0.15) is 17.9 Å². The molecule has 0 aliphatic heterocycles. The highest BCUT2D eigenvalue weighted by molar-refractivity contribution is 5.63. The Labute approximate surface area is 139 Å². The van der Waals surface area contributed by atoms with Crippen LogP contribution in [0.15, 0.2) is 53.1 Å². The van der Waals surface area contributed by atoms with Crippen molar-refractivity contribution < 1.29 is 13.6 Å². The van der Waals surface area contributed by atoms with E-state index >= 15 is 0 Å². The van der Waals surface area contributed by atoms with Gasteiger partial charge in [-0.15, -0.1) is 0 Å². The number of halogens is 1. The number of hydrogen-bond donors (Lipinski definition) is 1. The Kier molecular flexibility index (Phi) is 4.62. The molecular weight excluding hydrogens is 307 g/mol. The van der Waals surface area contributed by atoms with Gasteiger partial charge in [-0.3, -0.25) is 5.32 Å². The van der Waals surface area contributed by atoms with Gasteiger partial charge in [0, 0.05) is 17.1 Å². The average molecular weight is 326 g/mol. The normalized spacial score (nSPS) is 12.3. The molecule has 0 saturated heterocycles. The zero-order valence-electron chi connectivity index (χ0n) is 13.6. The Morgan fingerprint density at radius 2 is 2.00 bits per heavy atom. The highest BCUT2D eigenvalue weighted by atomic mass is 19.1. The number of carbonyl (C=O) groups excluding carboxylic acids is 1. The Bertz CT molecular complexity index is 820. The number of hydrogen-bond acceptors (Lipinski definition) is 3. The second-order valence-electron chi connectivity index (χ2n) is 5.71. The predicted octanol–water partition coefficient (Wildman–Crippen LogP) is 3.86. The molecule has 24 heavy (non-hydrogen) atoms. The summed E-state index contributed by atoms with van der Waals surface area (Å²) in [6, 6.07) is 11.5. The number of nitrogens with zero attached hydrogens (tertiary/aromatic N) is 1. The topological polar surface area (TPSA) is 47.2 Å². The van der Waals surface area contributed by atoms with Crippen molar-refractivity contribution in [3.63, 3.8) is 0 Å². The first kappa shape index (κ1) is 16.2. The predicted molar refractivity (Wildman–Crippen MR) is 89.6 cm³/mol. The molecule has 0 aliphatic rings. The van der Waals surface area contributed by atoms with Crippen molar-refractivity contribution in [2.45, 2.75) is 26.4 Å². The molecule has 5 heteroatoms. The molecular formula is C19H19FN2O2. The van der Waals surface area contributed by atoms with Crippen molar-refractivity contribution in [2.24, 2.45) is 0 Å². The number of aldehydes is 1. The summed E-state index contributed by atoms with van der Waals surface area (Å²) in [4.78, 5) is 11.6. The fourth-order valence-electron chi connectivity index (χ4n) is 2.95. The first-order valence-electron chi connectivity index (χ1n) is 7.76. The summed E-state index contributed by atoms with van der Waals surface area (Å²) in [7, 11) is 0. The molecule has 1 atom stereocenters. The van der Waals surface area contributed by atoms with E-state index in [0.29, 0.717) is 6.54 Å². The van der Waals surface area contributed by atoms with Crippen molar-refractivity contribution in [1.82, 2.24) is 9.88 Å². The Hall–Kier alpha value is -2.66. The fraction of sp³-hybridized carbons (Fsp3) is 0.211. The number of benzene rings is 1. The van der Waals surface area contributed by atoms with Crippen molar-refractivity contribution >= 4 is 6.29 Å². The van der Waals surface area contributed by atoms with Gasteiger partial charge >= 0.3 is 0 Å². The van der Waals surface area contributed by atoms with Crippen LogP contribution in [0.4, 0.5) is 4.39 Å². The molecule has 0 saturated carbocycles. The first-order valence-corrected chi connectivity index (χ1v) is 7.76. The Balaban J connectivity index is 1.88. The van der Waals surface area contributed by atoms with Gasteiger partial charge < -0.3 is 13.8 Å². The number of furan rings is 1.